The zero-order valence-electron chi connectivity index (χ0n) is 37.8. The molecule has 0 aliphatic heterocycles. The van der Waals surface area contributed by atoms with Crippen molar-refractivity contribution in [2.75, 3.05) is 26.4 Å². The van der Waals surface area contributed by atoms with Gasteiger partial charge in [0.15, 0.2) is 12.2 Å². The molecule has 0 rings (SSSR count). The van der Waals surface area contributed by atoms with Crippen LogP contribution in [0.2, 0.25) is 0 Å². The third-order valence-corrected chi connectivity index (χ3v) is 10.1. The molecule has 0 spiro atoms. The monoisotopic (exact) mass is 867 g/mol. The second kappa shape index (κ2) is 49.3. The van der Waals surface area contributed by atoms with Crippen LogP contribution in [0.3, 0.4) is 0 Å². The van der Waals surface area contributed by atoms with E-state index in [2.05, 4.69) is 13.8 Å². The molecule has 0 heterocycles. The van der Waals surface area contributed by atoms with Crippen LogP contribution in [0, 0.1) is 0 Å². The first kappa shape index (κ1) is 61.9. The van der Waals surface area contributed by atoms with Gasteiger partial charge in [0.05, 0.1) is 13.2 Å². The summed E-state index contributed by atoms with van der Waals surface area (Å²) in [6.07, 6.45) is 33.5. The van der Waals surface area contributed by atoms with Crippen molar-refractivity contribution in [1.82, 2.24) is 0 Å². The molecule has 0 aliphatic carbocycles. The SMILES string of the molecule is CCCCCCCCCCCCCCCCCC(=O)OCC(O)CO.CCCCCCCCCCCCCCCCCC(=O)OCC(O)CO.O=C(O)C(O)C(O)C(=O)O. The molecule has 0 fully saturated rings. The maximum absolute atomic E-state index is 11.4. The number of hydrogen-bond acceptors (Lipinski definition) is 12. The van der Waals surface area contributed by atoms with E-state index in [4.69, 9.17) is 50.3 Å². The number of carbonyl (C=O) groups excluding carboxylic acids is 2. The Hall–Kier alpha value is -2.36. The van der Waals surface area contributed by atoms with E-state index in [-0.39, 0.29) is 38.4 Å². The summed E-state index contributed by atoms with van der Waals surface area (Å²) in [4.78, 5) is 42.3. The van der Waals surface area contributed by atoms with E-state index in [1.165, 1.54) is 167 Å². The van der Waals surface area contributed by atoms with Gasteiger partial charge in [-0.25, -0.2) is 9.59 Å². The van der Waals surface area contributed by atoms with Gasteiger partial charge >= 0.3 is 23.9 Å². The van der Waals surface area contributed by atoms with Gasteiger partial charge in [-0.2, -0.15) is 0 Å². The Bertz CT molecular complexity index is 876. The van der Waals surface area contributed by atoms with E-state index in [1.54, 1.807) is 0 Å². The zero-order chi connectivity index (χ0) is 45.5. The van der Waals surface area contributed by atoms with E-state index in [0.717, 1.165) is 25.7 Å². The Labute approximate surface area is 362 Å². The van der Waals surface area contributed by atoms with Gasteiger partial charge in [0.25, 0.3) is 0 Å². The fraction of sp³-hybridized carbons (Fsp3) is 0.913. The number of carboxylic acid groups (broad SMARTS) is 2. The molecule has 0 saturated carbocycles. The molecule has 4 atom stereocenters. The fourth-order valence-corrected chi connectivity index (χ4v) is 6.18. The minimum atomic E-state index is -2.27. The molecular weight excluding hydrogens is 776 g/mol. The van der Waals surface area contributed by atoms with E-state index in [0.29, 0.717) is 12.8 Å². The average molecular weight is 867 g/mol. The number of carboxylic acids is 2. The molecule has 8 N–H and O–H groups in total. The molecule has 0 aromatic carbocycles. The van der Waals surface area contributed by atoms with Gasteiger partial charge in [0.2, 0.25) is 0 Å². The van der Waals surface area contributed by atoms with E-state index in [9.17, 15) is 19.2 Å². The number of ether oxygens (including phenoxy) is 2. The maximum atomic E-state index is 11.4. The summed E-state index contributed by atoms with van der Waals surface area (Å²) < 4.78 is 9.73. The molecule has 0 aromatic rings. The summed E-state index contributed by atoms with van der Waals surface area (Å²) in [6, 6.07) is 0. The van der Waals surface area contributed by atoms with Gasteiger partial charge in [-0.3, -0.25) is 9.59 Å². The van der Waals surface area contributed by atoms with Gasteiger partial charge in [-0.15, -0.1) is 0 Å². The summed E-state index contributed by atoms with van der Waals surface area (Å²) in [5.74, 6) is -4.09. The minimum Gasteiger partial charge on any atom is -0.479 e. The number of aliphatic hydroxyl groups is 6. The zero-order valence-corrected chi connectivity index (χ0v) is 37.8. The van der Waals surface area contributed by atoms with Crippen LogP contribution in [0.1, 0.15) is 219 Å². The van der Waals surface area contributed by atoms with E-state index in [1.807, 2.05) is 0 Å². The minimum absolute atomic E-state index is 0.103. The molecule has 0 aromatic heterocycles. The van der Waals surface area contributed by atoms with Crippen molar-refractivity contribution in [3.8, 4) is 0 Å². The van der Waals surface area contributed by atoms with Gasteiger partial charge in [0, 0.05) is 12.8 Å². The standard InChI is InChI=1S/2C21H42O4.C4H6O6/c2*1-2-3-4-5-6-7-8-9-10-11-12-13-14-15-16-17-21(24)25-19-20(23)18-22;5-1(3(7)8)2(6)4(9)10/h2*20,22-23H,2-19H2,1H3;1-2,5-6H,(H,7,8)(H,9,10). The number of rotatable bonds is 41. The Balaban J connectivity index is -0.000000884. The largest absolute Gasteiger partial charge is 0.479 e. The molecule has 0 bridgehead atoms. The number of hydrogen-bond donors (Lipinski definition) is 8. The maximum Gasteiger partial charge on any atom is 0.335 e. The van der Waals surface area contributed by atoms with Gasteiger partial charge in [0.1, 0.15) is 25.4 Å². The van der Waals surface area contributed by atoms with Crippen molar-refractivity contribution in [3.05, 3.63) is 0 Å². The lowest BCUT2D eigenvalue weighted by Crippen LogP contribution is -2.39. The number of aliphatic hydroxyl groups excluding tert-OH is 6. The predicted octanol–water partition coefficient (Wildman–Crippen LogP) is 8.17. The Morgan fingerprint density at radius 2 is 0.567 bits per heavy atom. The quantitative estimate of drug-likeness (QED) is 0.0213. The lowest BCUT2D eigenvalue weighted by Gasteiger charge is -2.08. The first-order valence-corrected chi connectivity index (χ1v) is 23.6. The van der Waals surface area contributed by atoms with Gasteiger partial charge in [-0.05, 0) is 12.8 Å². The first-order valence-electron chi connectivity index (χ1n) is 23.6. The van der Waals surface area contributed by atoms with Crippen LogP contribution in [-0.4, -0.2) is 116 Å². The van der Waals surface area contributed by atoms with Crippen molar-refractivity contribution in [3.63, 3.8) is 0 Å². The number of esters is 2. The van der Waals surface area contributed by atoms with Gasteiger partial charge < -0.3 is 50.3 Å². The Morgan fingerprint density at radius 3 is 0.750 bits per heavy atom. The van der Waals surface area contributed by atoms with Crippen LogP contribution in [0.5, 0.6) is 0 Å². The highest BCUT2D eigenvalue weighted by Crippen LogP contribution is 2.15. The summed E-state index contributed by atoms with van der Waals surface area (Å²) in [6.45, 7) is 3.59. The van der Waals surface area contributed by atoms with Crippen molar-refractivity contribution in [2.24, 2.45) is 0 Å². The summed E-state index contributed by atoms with van der Waals surface area (Å²) in [5, 5.41) is 67.9. The highest BCUT2D eigenvalue weighted by Gasteiger charge is 2.29. The summed E-state index contributed by atoms with van der Waals surface area (Å²) in [7, 11) is 0. The van der Waals surface area contributed by atoms with Crippen LogP contribution >= 0.6 is 0 Å². The van der Waals surface area contributed by atoms with Crippen molar-refractivity contribution in [2.45, 2.75) is 244 Å². The third kappa shape index (κ3) is 50.0. The molecular formula is C46H90O14. The van der Waals surface area contributed by atoms with Crippen LogP contribution in [0.25, 0.3) is 0 Å². The second-order valence-electron chi connectivity index (χ2n) is 16.0. The molecule has 0 saturated heterocycles. The van der Waals surface area contributed by atoms with Crippen molar-refractivity contribution in [1.29, 1.82) is 0 Å². The fourth-order valence-electron chi connectivity index (χ4n) is 6.18. The van der Waals surface area contributed by atoms with E-state index < -0.39 is 36.4 Å². The highest BCUT2D eigenvalue weighted by atomic mass is 16.5. The second-order valence-corrected chi connectivity index (χ2v) is 16.0. The molecule has 4 unspecified atom stereocenters. The molecule has 14 nitrogen and oxygen atoms in total. The normalized spacial score (nSPS) is 12.9. The third-order valence-electron chi connectivity index (χ3n) is 10.1. The average Bonchev–Trinajstić information content (AvgIpc) is 3.24. The topological polar surface area (TPSA) is 249 Å². The Morgan fingerprint density at radius 1 is 0.367 bits per heavy atom. The molecule has 14 heteroatoms. The number of aliphatic carboxylic acids is 2. The summed E-state index contributed by atoms with van der Waals surface area (Å²) >= 11 is 0. The summed E-state index contributed by atoms with van der Waals surface area (Å²) in [5.41, 5.74) is 0. The molecule has 0 aliphatic rings. The van der Waals surface area contributed by atoms with Crippen molar-refractivity contribution < 1.29 is 69.5 Å². The molecule has 0 amide bonds. The van der Waals surface area contributed by atoms with Gasteiger partial charge in [-0.1, -0.05) is 194 Å². The number of carbonyl (C=O) groups is 4. The molecule has 60 heavy (non-hydrogen) atoms. The van der Waals surface area contributed by atoms with Crippen molar-refractivity contribution >= 4 is 23.9 Å². The lowest BCUT2D eigenvalue weighted by molar-refractivity contribution is -0.165. The van der Waals surface area contributed by atoms with Crippen LogP contribution < -0.4 is 0 Å². The van der Waals surface area contributed by atoms with Crippen LogP contribution in [-0.2, 0) is 28.7 Å². The first-order chi connectivity index (χ1) is 28.9. The van der Waals surface area contributed by atoms with Crippen LogP contribution in [0.4, 0.5) is 0 Å². The highest BCUT2D eigenvalue weighted by molar-refractivity contribution is 5.83. The molecule has 358 valence electrons. The smallest absolute Gasteiger partial charge is 0.335 e. The lowest BCUT2D eigenvalue weighted by atomic mass is 10.0. The number of unbranched alkanes of at least 4 members (excludes halogenated alkanes) is 28. The Kier molecular flexibility index (Phi) is 50.9. The van der Waals surface area contributed by atoms with Crippen LogP contribution in [0.15, 0.2) is 0 Å². The molecule has 0 radical (unpaired) electrons. The van der Waals surface area contributed by atoms with E-state index >= 15 is 0 Å². The predicted molar refractivity (Wildman–Crippen MR) is 234 cm³/mol.